The van der Waals surface area contributed by atoms with Crippen molar-refractivity contribution in [2.24, 2.45) is 0 Å². The molecular formula is C20H13NO5S2. The molecule has 0 aliphatic carbocycles. The van der Waals surface area contributed by atoms with Crippen molar-refractivity contribution in [1.29, 1.82) is 0 Å². The van der Waals surface area contributed by atoms with E-state index in [1.165, 1.54) is 18.2 Å². The van der Waals surface area contributed by atoms with Gasteiger partial charge >= 0.3 is 10.1 Å². The molecule has 0 aromatic heterocycles. The van der Waals surface area contributed by atoms with Crippen LogP contribution in [0.5, 0.6) is 5.75 Å². The lowest BCUT2D eigenvalue weighted by Crippen LogP contribution is -2.17. The molecule has 0 spiro atoms. The van der Waals surface area contributed by atoms with Crippen molar-refractivity contribution in [2.45, 2.75) is 4.90 Å². The topological polar surface area (TPSA) is 89.5 Å². The molecule has 3 aromatic rings. The zero-order valence-corrected chi connectivity index (χ0v) is 15.9. The molecule has 3 aromatic carbocycles. The molecule has 0 atom stereocenters. The summed E-state index contributed by atoms with van der Waals surface area (Å²) in [7, 11) is -4.09. The van der Waals surface area contributed by atoms with Crippen LogP contribution in [0.2, 0.25) is 0 Å². The highest BCUT2D eigenvalue weighted by Gasteiger charge is 2.26. The maximum Gasteiger partial charge on any atom is 0.339 e. The van der Waals surface area contributed by atoms with Crippen molar-refractivity contribution < 1.29 is 22.2 Å². The zero-order chi connectivity index (χ0) is 19.7. The molecule has 8 heteroatoms. The summed E-state index contributed by atoms with van der Waals surface area (Å²) in [6.07, 6.45) is 1.43. The van der Waals surface area contributed by atoms with E-state index in [0.717, 1.165) is 22.5 Å². The van der Waals surface area contributed by atoms with Gasteiger partial charge in [0, 0.05) is 5.56 Å². The van der Waals surface area contributed by atoms with Gasteiger partial charge in [-0.15, -0.1) is 0 Å². The van der Waals surface area contributed by atoms with Crippen LogP contribution in [0.15, 0.2) is 76.5 Å². The monoisotopic (exact) mass is 411 g/mol. The summed E-state index contributed by atoms with van der Waals surface area (Å²) in [4.78, 5) is 23.3. The number of hydrogen-bond donors (Lipinski definition) is 1. The Morgan fingerprint density at radius 3 is 2.36 bits per heavy atom. The first-order valence-electron chi connectivity index (χ1n) is 8.19. The fourth-order valence-corrected chi connectivity index (χ4v) is 4.39. The molecule has 0 unspecified atom stereocenters. The highest BCUT2D eigenvalue weighted by Crippen LogP contribution is 2.30. The van der Waals surface area contributed by atoms with Crippen molar-refractivity contribution in [1.82, 2.24) is 5.32 Å². The van der Waals surface area contributed by atoms with Gasteiger partial charge in [-0.25, -0.2) is 0 Å². The van der Waals surface area contributed by atoms with E-state index in [2.05, 4.69) is 5.32 Å². The Hall–Kier alpha value is -3.10. The zero-order valence-electron chi connectivity index (χ0n) is 14.3. The number of para-hydroxylation sites is 1. The lowest BCUT2D eigenvalue weighted by molar-refractivity contribution is -0.115. The average Bonchev–Trinajstić information content (AvgIpc) is 2.99. The summed E-state index contributed by atoms with van der Waals surface area (Å²) in [6, 6.07) is 18.6. The van der Waals surface area contributed by atoms with Crippen LogP contribution in [0.25, 0.3) is 16.8 Å². The third-order valence-electron chi connectivity index (χ3n) is 4.06. The molecule has 0 saturated carbocycles. The Morgan fingerprint density at radius 1 is 0.893 bits per heavy atom. The van der Waals surface area contributed by atoms with Crippen LogP contribution < -0.4 is 9.50 Å². The van der Waals surface area contributed by atoms with E-state index < -0.39 is 21.3 Å². The van der Waals surface area contributed by atoms with Gasteiger partial charge in [0.2, 0.25) is 0 Å². The largest absolute Gasteiger partial charge is 0.378 e. The normalized spacial score (nSPS) is 15.8. The van der Waals surface area contributed by atoms with Gasteiger partial charge < -0.3 is 4.18 Å². The molecule has 1 aliphatic rings. The molecule has 4 rings (SSSR count). The number of benzene rings is 3. The Balaban J connectivity index is 1.69. The molecule has 1 aliphatic heterocycles. The first-order chi connectivity index (χ1) is 13.4. The fourth-order valence-electron chi connectivity index (χ4n) is 2.73. The third kappa shape index (κ3) is 3.64. The molecule has 6 nitrogen and oxygen atoms in total. The summed E-state index contributed by atoms with van der Waals surface area (Å²) in [6.45, 7) is 0. The summed E-state index contributed by atoms with van der Waals surface area (Å²) in [5.41, 5.74) is 0.374. The van der Waals surface area contributed by atoms with Crippen molar-refractivity contribution in [3.05, 3.63) is 77.2 Å². The Bertz CT molecular complexity index is 1250. The van der Waals surface area contributed by atoms with Gasteiger partial charge in [-0.05, 0) is 46.8 Å². The van der Waals surface area contributed by atoms with Gasteiger partial charge in [-0.3, -0.25) is 14.9 Å². The smallest absolute Gasteiger partial charge is 0.339 e. The van der Waals surface area contributed by atoms with Crippen molar-refractivity contribution in [3.63, 3.8) is 0 Å². The molecule has 1 N–H and O–H groups in total. The number of thioether (sulfide) groups is 1. The Labute approximate surface area is 165 Å². The predicted molar refractivity (Wildman–Crippen MR) is 107 cm³/mol. The van der Waals surface area contributed by atoms with Gasteiger partial charge in [0.1, 0.15) is 10.6 Å². The molecule has 1 fully saturated rings. The van der Waals surface area contributed by atoms with Crippen LogP contribution in [0.3, 0.4) is 0 Å². The number of fused-ring (bicyclic) bond motifs is 1. The van der Waals surface area contributed by atoms with E-state index in [9.17, 15) is 18.0 Å². The van der Waals surface area contributed by atoms with E-state index in [1.54, 1.807) is 30.3 Å². The van der Waals surface area contributed by atoms with Crippen LogP contribution in [-0.2, 0) is 14.9 Å². The lowest BCUT2D eigenvalue weighted by atomic mass is 10.1. The number of carbonyl (C=O) groups excluding carboxylic acids is 2. The summed E-state index contributed by atoms with van der Waals surface area (Å²) in [5, 5.41) is 3.38. The molecule has 0 bridgehead atoms. The van der Waals surface area contributed by atoms with E-state index in [-0.39, 0.29) is 15.6 Å². The van der Waals surface area contributed by atoms with Gasteiger partial charge in [-0.1, -0.05) is 48.5 Å². The van der Waals surface area contributed by atoms with Crippen LogP contribution in [0.4, 0.5) is 4.79 Å². The minimum Gasteiger partial charge on any atom is -0.378 e. The van der Waals surface area contributed by atoms with Gasteiger partial charge in [0.05, 0.1) is 4.91 Å². The molecular weight excluding hydrogens is 398 g/mol. The summed E-state index contributed by atoms with van der Waals surface area (Å²) < 4.78 is 30.9. The van der Waals surface area contributed by atoms with Gasteiger partial charge in [0.25, 0.3) is 11.1 Å². The highest BCUT2D eigenvalue weighted by molar-refractivity contribution is 8.18. The first kappa shape index (κ1) is 18.3. The Kier molecular flexibility index (Phi) is 4.66. The fraction of sp³-hybridized carbons (Fsp3) is 0. The number of hydrogen-bond acceptors (Lipinski definition) is 6. The van der Waals surface area contributed by atoms with E-state index in [1.807, 2.05) is 24.3 Å². The molecule has 28 heavy (non-hydrogen) atoms. The molecule has 1 heterocycles. The average molecular weight is 411 g/mol. The predicted octanol–water partition coefficient (Wildman–Crippen LogP) is 3.93. The number of imide groups is 1. The second-order valence-electron chi connectivity index (χ2n) is 5.94. The van der Waals surface area contributed by atoms with Crippen LogP contribution in [0.1, 0.15) is 5.56 Å². The summed E-state index contributed by atoms with van der Waals surface area (Å²) in [5.74, 6) is -0.460. The van der Waals surface area contributed by atoms with Gasteiger partial charge in [-0.2, -0.15) is 8.42 Å². The summed E-state index contributed by atoms with van der Waals surface area (Å²) >= 11 is 0.749. The minimum absolute atomic E-state index is 0.0248. The quantitative estimate of drug-likeness (QED) is 0.517. The van der Waals surface area contributed by atoms with Crippen LogP contribution in [0, 0.1) is 0 Å². The van der Waals surface area contributed by atoms with E-state index >= 15 is 0 Å². The number of amides is 2. The molecule has 2 amide bonds. The third-order valence-corrected chi connectivity index (χ3v) is 6.10. The number of nitrogens with one attached hydrogen (secondary N) is 1. The van der Waals surface area contributed by atoms with Crippen LogP contribution in [-0.4, -0.2) is 19.6 Å². The van der Waals surface area contributed by atoms with Crippen molar-refractivity contribution in [2.75, 3.05) is 0 Å². The molecule has 1 saturated heterocycles. The maximum atomic E-state index is 12.8. The lowest BCUT2D eigenvalue weighted by Gasteiger charge is -2.10. The van der Waals surface area contributed by atoms with E-state index in [4.69, 9.17) is 4.18 Å². The van der Waals surface area contributed by atoms with E-state index in [0.29, 0.717) is 5.56 Å². The number of rotatable bonds is 4. The van der Waals surface area contributed by atoms with Gasteiger partial charge in [0.15, 0.2) is 0 Å². The second kappa shape index (κ2) is 7.14. The minimum atomic E-state index is -4.09. The maximum absolute atomic E-state index is 12.8. The number of carbonyl (C=O) groups is 2. The van der Waals surface area contributed by atoms with Crippen molar-refractivity contribution in [3.8, 4) is 5.75 Å². The van der Waals surface area contributed by atoms with Crippen LogP contribution >= 0.6 is 11.8 Å². The molecule has 140 valence electrons. The standard InChI is InChI=1S/C20H13NO5S2/c22-19-18(27-20(23)21-19)12-15-7-3-4-8-17(15)26-28(24,25)16-10-9-13-5-1-2-6-14(13)11-16/h1-12H,(H,21,22,23)/b18-12-. The second-order valence-corrected chi connectivity index (χ2v) is 8.50. The highest BCUT2D eigenvalue weighted by atomic mass is 32.2. The first-order valence-corrected chi connectivity index (χ1v) is 10.4. The molecule has 0 radical (unpaired) electrons. The SMILES string of the molecule is O=C1NC(=O)/C(=C/c2ccccc2OS(=O)(=O)c2ccc3ccccc3c2)S1. The van der Waals surface area contributed by atoms with Crippen molar-refractivity contribution >= 4 is 49.9 Å². The Morgan fingerprint density at radius 2 is 1.61 bits per heavy atom.